The Morgan fingerprint density at radius 1 is 1.04 bits per heavy atom. The second kappa shape index (κ2) is 6.29. The number of anilines is 1. The zero-order chi connectivity index (χ0) is 16.4. The predicted octanol–water partition coefficient (Wildman–Crippen LogP) is -2.05. The Morgan fingerprint density at radius 2 is 1.65 bits per heavy atom. The van der Waals surface area contributed by atoms with E-state index in [1.807, 2.05) is 0 Å². The molecule has 0 bridgehead atoms. The predicted molar refractivity (Wildman–Crippen MR) is 79.4 cm³/mol. The summed E-state index contributed by atoms with van der Waals surface area (Å²) in [5, 5.41) is 0. The molecule has 0 aliphatic carbocycles. The first kappa shape index (κ1) is 15.3. The third kappa shape index (κ3) is 2.87. The van der Waals surface area contributed by atoms with Crippen LogP contribution in [-0.4, -0.2) is 77.0 Å². The van der Waals surface area contributed by atoms with Crippen molar-refractivity contribution >= 4 is 23.8 Å². The van der Waals surface area contributed by atoms with E-state index in [4.69, 9.17) is 0 Å². The number of carbonyl (C=O) groups is 3. The van der Waals surface area contributed by atoms with E-state index in [1.54, 1.807) is 25.4 Å². The van der Waals surface area contributed by atoms with E-state index in [0.29, 0.717) is 5.95 Å². The highest BCUT2D eigenvalue weighted by molar-refractivity contribution is 6.44. The third-order valence-corrected chi connectivity index (χ3v) is 4.14. The quantitative estimate of drug-likeness (QED) is 0.507. The second-order valence-electron chi connectivity index (χ2n) is 5.51. The third-order valence-electron chi connectivity index (χ3n) is 4.14. The summed E-state index contributed by atoms with van der Waals surface area (Å²) in [5.41, 5.74) is 0. The summed E-state index contributed by atoms with van der Waals surface area (Å²) in [6, 6.07) is 1.26. The molecular weight excluding hydrogens is 300 g/mol. The van der Waals surface area contributed by atoms with Crippen molar-refractivity contribution in [2.75, 3.05) is 44.3 Å². The van der Waals surface area contributed by atoms with Gasteiger partial charge in [0.05, 0.1) is 26.2 Å². The second-order valence-corrected chi connectivity index (χ2v) is 5.51. The van der Waals surface area contributed by atoms with E-state index in [2.05, 4.69) is 14.9 Å². The maximum Gasteiger partial charge on any atom is 0.338 e. The first-order valence-corrected chi connectivity index (χ1v) is 7.64. The lowest BCUT2D eigenvalue weighted by atomic mass is 10.3. The summed E-state index contributed by atoms with van der Waals surface area (Å²) in [6.07, 6.45) is 3.40. The number of hydrogen-bond donors (Lipinski definition) is 1. The Balaban J connectivity index is 1.58. The number of imide groups is 2. The minimum atomic E-state index is -0.728. The molecule has 3 rings (SSSR count). The summed E-state index contributed by atoms with van der Waals surface area (Å²) < 4.78 is 0. The highest BCUT2D eigenvalue weighted by atomic mass is 16.2. The molecule has 0 spiro atoms. The number of likely N-dealkylation sites (N-methyl/N-ethyl adjacent to an activating group) is 1. The highest BCUT2D eigenvalue weighted by Gasteiger charge is 2.45. The van der Waals surface area contributed by atoms with Crippen LogP contribution in [0, 0.1) is 0 Å². The Morgan fingerprint density at radius 3 is 2.22 bits per heavy atom. The largest absolute Gasteiger partial charge is 0.338 e. The smallest absolute Gasteiger partial charge is 0.330 e. The van der Waals surface area contributed by atoms with Gasteiger partial charge in [0.15, 0.2) is 6.67 Å². The fourth-order valence-electron chi connectivity index (χ4n) is 2.83. The van der Waals surface area contributed by atoms with Gasteiger partial charge >= 0.3 is 17.8 Å². The molecule has 2 aliphatic rings. The number of nitrogens with one attached hydrogen (secondary N) is 1. The van der Waals surface area contributed by atoms with E-state index < -0.39 is 17.8 Å². The zero-order valence-electron chi connectivity index (χ0n) is 12.9. The van der Waals surface area contributed by atoms with Gasteiger partial charge in [0.25, 0.3) is 0 Å². The molecule has 1 N–H and O–H groups in total. The van der Waals surface area contributed by atoms with E-state index in [-0.39, 0.29) is 13.2 Å². The molecule has 3 heterocycles. The van der Waals surface area contributed by atoms with Crippen LogP contribution in [0.1, 0.15) is 6.92 Å². The molecule has 122 valence electrons. The van der Waals surface area contributed by atoms with Crippen LogP contribution in [0.5, 0.6) is 0 Å². The summed E-state index contributed by atoms with van der Waals surface area (Å²) in [6.45, 7) is 5.09. The molecule has 2 saturated heterocycles. The van der Waals surface area contributed by atoms with Crippen LogP contribution in [0.4, 0.5) is 10.7 Å². The topological polar surface area (TPSA) is 91.2 Å². The van der Waals surface area contributed by atoms with Gasteiger partial charge in [-0.25, -0.2) is 19.7 Å². The molecule has 1 aromatic rings. The van der Waals surface area contributed by atoms with Gasteiger partial charge in [0.1, 0.15) is 0 Å². The van der Waals surface area contributed by atoms with Crippen molar-refractivity contribution in [3.05, 3.63) is 18.5 Å². The van der Waals surface area contributed by atoms with Crippen molar-refractivity contribution in [2.24, 2.45) is 0 Å². The average Bonchev–Trinajstić information content (AvgIpc) is 2.79. The highest BCUT2D eigenvalue weighted by Crippen LogP contribution is 2.10. The Labute approximate surface area is 133 Å². The molecule has 4 amide bonds. The SMILES string of the molecule is CCN1C(=O)C(=O)N(C[NH+]2CCN(c3ncccn3)CC2)C1=O. The summed E-state index contributed by atoms with van der Waals surface area (Å²) >= 11 is 0. The molecule has 2 aliphatic heterocycles. The molecule has 23 heavy (non-hydrogen) atoms. The van der Waals surface area contributed by atoms with Gasteiger partial charge in [0.2, 0.25) is 5.95 Å². The van der Waals surface area contributed by atoms with Crippen molar-refractivity contribution in [3.63, 3.8) is 0 Å². The van der Waals surface area contributed by atoms with E-state index in [9.17, 15) is 14.4 Å². The molecule has 1 aromatic heterocycles. The number of nitrogens with zero attached hydrogens (tertiary/aromatic N) is 5. The summed E-state index contributed by atoms with van der Waals surface area (Å²) in [7, 11) is 0. The molecule has 9 heteroatoms. The lowest BCUT2D eigenvalue weighted by Gasteiger charge is -2.33. The van der Waals surface area contributed by atoms with Gasteiger partial charge in [-0.3, -0.25) is 14.5 Å². The molecule has 9 nitrogen and oxygen atoms in total. The van der Waals surface area contributed by atoms with E-state index in [1.165, 1.54) is 0 Å². The van der Waals surface area contributed by atoms with Crippen LogP contribution in [0.2, 0.25) is 0 Å². The van der Waals surface area contributed by atoms with Gasteiger partial charge in [-0.1, -0.05) is 0 Å². The van der Waals surface area contributed by atoms with Crippen LogP contribution in [-0.2, 0) is 9.59 Å². The number of amides is 4. The van der Waals surface area contributed by atoms with Crippen molar-refractivity contribution in [1.82, 2.24) is 19.8 Å². The first-order chi connectivity index (χ1) is 11.1. The number of carbonyl (C=O) groups excluding carboxylic acids is 3. The number of quaternary nitrogens is 1. The Hall–Kier alpha value is -2.55. The molecule has 0 unspecified atom stereocenters. The fraction of sp³-hybridized carbons (Fsp3) is 0.500. The molecule has 0 aromatic carbocycles. The minimum absolute atomic E-state index is 0.217. The molecule has 0 atom stereocenters. The Bertz CT molecular complexity index is 614. The maximum absolute atomic E-state index is 12.1. The number of rotatable bonds is 4. The monoisotopic (exact) mass is 319 g/mol. The van der Waals surface area contributed by atoms with Gasteiger partial charge in [0, 0.05) is 18.9 Å². The Kier molecular flexibility index (Phi) is 4.20. The molecule has 0 radical (unpaired) electrons. The lowest BCUT2D eigenvalue weighted by Crippen LogP contribution is -3.16. The van der Waals surface area contributed by atoms with Crippen LogP contribution in [0.25, 0.3) is 0 Å². The minimum Gasteiger partial charge on any atom is -0.330 e. The zero-order valence-corrected chi connectivity index (χ0v) is 12.9. The van der Waals surface area contributed by atoms with Crippen LogP contribution >= 0.6 is 0 Å². The average molecular weight is 319 g/mol. The number of hydrogen-bond acceptors (Lipinski definition) is 6. The normalized spacial score (nSPS) is 19.9. The van der Waals surface area contributed by atoms with Gasteiger partial charge in [-0.05, 0) is 13.0 Å². The van der Waals surface area contributed by atoms with Crippen LogP contribution < -0.4 is 9.80 Å². The van der Waals surface area contributed by atoms with Crippen molar-refractivity contribution in [3.8, 4) is 0 Å². The molecular formula is C14H19N6O3+. The van der Waals surface area contributed by atoms with Crippen LogP contribution in [0.15, 0.2) is 18.5 Å². The molecule has 2 fully saturated rings. The van der Waals surface area contributed by atoms with Gasteiger partial charge in [-0.2, -0.15) is 0 Å². The summed E-state index contributed by atoms with van der Waals surface area (Å²) in [4.78, 5) is 49.3. The van der Waals surface area contributed by atoms with E-state index in [0.717, 1.165) is 40.9 Å². The fourth-order valence-corrected chi connectivity index (χ4v) is 2.83. The first-order valence-electron chi connectivity index (χ1n) is 7.64. The maximum atomic E-state index is 12.1. The lowest BCUT2D eigenvalue weighted by molar-refractivity contribution is -0.907. The van der Waals surface area contributed by atoms with Crippen molar-refractivity contribution in [1.29, 1.82) is 0 Å². The van der Waals surface area contributed by atoms with Crippen molar-refractivity contribution in [2.45, 2.75) is 6.92 Å². The van der Waals surface area contributed by atoms with Crippen molar-refractivity contribution < 1.29 is 19.3 Å². The van der Waals surface area contributed by atoms with Gasteiger partial charge in [-0.15, -0.1) is 0 Å². The standard InChI is InChI=1S/C14H18N6O3/c1-2-19-11(21)12(22)20(14(19)23)10-17-6-8-18(9-7-17)13-15-4-3-5-16-13/h3-5H,2,6-10H2,1H3/p+1. The van der Waals surface area contributed by atoms with Crippen LogP contribution in [0.3, 0.4) is 0 Å². The number of aromatic nitrogens is 2. The number of urea groups is 1. The van der Waals surface area contributed by atoms with Gasteiger partial charge < -0.3 is 9.80 Å². The number of piperazine rings is 1. The summed E-state index contributed by atoms with van der Waals surface area (Å²) in [5.74, 6) is -0.765. The molecule has 0 saturated carbocycles. The van der Waals surface area contributed by atoms with E-state index >= 15 is 0 Å².